The third kappa shape index (κ3) is 4.92. The lowest BCUT2D eigenvalue weighted by molar-refractivity contribution is -0.137. The van der Waals surface area contributed by atoms with Gasteiger partial charge in [0.2, 0.25) is 5.95 Å². The number of halogens is 3. The van der Waals surface area contributed by atoms with E-state index in [1.807, 2.05) is 30.3 Å². The van der Waals surface area contributed by atoms with Gasteiger partial charge in [-0.1, -0.05) is 36.4 Å². The van der Waals surface area contributed by atoms with E-state index >= 15 is 0 Å². The number of hydrogen-bond acceptors (Lipinski definition) is 5. The van der Waals surface area contributed by atoms with Gasteiger partial charge in [-0.2, -0.15) is 23.3 Å². The molecule has 0 atom stereocenters. The SMILES string of the molecule is FC(F)(F)c1cccc(Nc2cnnc(NCCc3ccccc3)n2)c1. The molecule has 8 heteroatoms. The monoisotopic (exact) mass is 359 g/mol. The molecule has 2 aromatic carbocycles. The Hall–Kier alpha value is -3.16. The number of alkyl halides is 3. The molecule has 3 rings (SSSR count). The fourth-order valence-electron chi connectivity index (χ4n) is 2.32. The van der Waals surface area contributed by atoms with Gasteiger partial charge in [-0.3, -0.25) is 0 Å². The van der Waals surface area contributed by atoms with Gasteiger partial charge in [-0.15, -0.1) is 5.10 Å². The van der Waals surface area contributed by atoms with Crippen molar-refractivity contribution in [1.29, 1.82) is 0 Å². The van der Waals surface area contributed by atoms with Crippen molar-refractivity contribution in [3.63, 3.8) is 0 Å². The van der Waals surface area contributed by atoms with Crippen LogP contribution in [0, 0.1) is 0 Å². The van der Waals surface area contributed by atoms with E-state index in [9.17, 15) is 13.2 Å². The summed E-state index contributed by atoms with van der Waals surface area (Å²) in [5, 5.41) is 13.6. The third-order valence-corrected chi connectivity index (χ3v) is 3.56. The molecule has 5 nitrogen and oxygen atoms in total. The van der Waals surface area contributed by atoms with Crippen LogP contribution in [-0.4, -0.2) is 21.7 Å². The number of hydrogen-bond donors (Lipinski definition) is 2. The maximum absolute atomic E-state index is 12.8. The van der Waals surface area contributed by atoms with E-state index in [4.69, 9.17) is 0 Å². The highest BCUT2D eigenvalue weighted by Gasteiger charge is 2.30. The molecule has 0 aliphatic carbocycles. The third-order valence-electron chi connectivity index (χ3n) is 3.56. The molecule has 0 aliphatic heterocycles. The van der Waals surface area contributed by atoms with Crippen molar-refractivity contribution in [2.75, 3.05) is 17.2 Å². The van der Waals surface area contributed by atoms with Gasteiger partial charge >= 0.3 is 6.18 Å². The van der Waals surface area contributed by atoms with Gasteiger partial charge in [0.05, 0.1) is 11.8 Å². The van der Waals surface area contributed by atoms with Crippen LogP contribution in [0.3, 0.4) is 0 Å². The molecular weight excluding hydrogens is 343 g/mol. The minimum Gasteiger partial charge on any atom is -0.353 e. The van der Waals surface area contributed by atoms with Gasteiger partial charge in [0.1, 0.15) is 0 Å². The van der Waals surface area contributed by atoms with Crippen molar-refractivity contribution in [2.24, 2.45) is 0 Å². The average Bonchev–Trinajstić information content (AvgIpc) is 2.63. The predicted molar refractivity (Wildman–Crippen MR) is 93.2 cm³/mol. The molecule has 0 amide bonds. The molecule has 0 radical (unpaired) electrons. The summed E-state index contributed by atoms with van der Waals surface area (Å²) in [5.41, 5.74) is 0.715. The second-order valence-electron chi connectivity index (χ2n) is 5.53. The Morgan fingerprint density at radius 2 is 1.77 bits per heavy atom. The van der Waals surface area contributed by atoms with Gasteiger partial charge in [-0.25, -0.2) is 0 Å². The smallest absolute Gasteiger partial charge is 0.353 e. The zero-order chi connectivity index (χ0) is 18.4. The van der Waals surface area contributed by atoms with Crippen LogP contribution in [-0.2, 0) is 12.6 Å². The zero-order valence-electron chi connectivity index (χ0n) is 13.7. The summed E-state index contributed by atoms with van der Waals surface area (Å²) in [6, 6.07) is 14.8. The zero-order valence-corrected chi connectivity index (χ0v) is 13.7. The first-order valence-electron chi connectivity index (χ1n) is 7.92. The Morgan fingerprint density at radius 1 is 0.962 bits per heavy atom. The molecule has 0 saturated heterocycles. The Kier molecular flexibility index (Phi) is 5.31. The molecule has 1 heterocycles. The number of aromatic nitrogens is 3. The molecule has 0 spiro atoms. The van der Waals surface area contributed by atoms with Crippen molar-refractivity contribution in [1.82, 2.24) is 15.2 Å². The van der Waals surface area contributed by atoms with Crippen LogP contribution in [0.1, 0.15) is 11.1 Å². The molecule has 0 fully saturated rings. The van der Waals surface area contributed by atoms with Crippen LogP contribution in [0.4, 0.5) is 30.6 Å². The van der Waals surface area contributed by atoms with Crippen LogP contribution in [0.15, 0.2) is 60.8 Å². The molecule has 2 N–H and O–H groups in total. The summed E-state index contributed by atoms with van der Waals surface area (Å²) in [5.74, 6) is 0.611. The van der Waals surface area contributed by atoms with Crippen LogP contribution in [0.25, 0.3) is 0 Å². The first kappa shape index (κ1) is 17.7. The number of benzene rings is 2. The summed E-state index contributed by atoms with van der Waals surface area (Å²) < 4.78 is 38.3. The standard InChI is InChI=1S/C18H16F3N5/c19-18(20,21)14-7-4-8-15(11-14)24-16-12-23-26-17(25-16)22-10-9-13-5-2-1-3-6-13/h1-8,11-12H,9-10H2,(H2,22,24,25,26). The maximum Gasteiger partial charge on any atom is 0.416 e. The molecule has 0 saturated carbocycles. The first-order chi connectivity index (χ1) is 12.5. The first-order valence-corrected chi connectivity index (χ1v) is 7.92. The second-order valence-corrected chi connectivity index (χ2v) is 5.53. The van der Waals surface area contributed by atoms with E-state index in [-0.39, 0.29) is 5.69 Å². The summed E-state index contributed by atoms with van der Waals surface area (Å²) in [4.78, 5) is 4.21. The highest BCUT2D eigenvalue weighted by Crippen LogP contribution is 2.31. The Labute approximate surface area is 148 Å². The Bertz CT molecular complexity index is 853. The van der Waals surface area contributed by atoms with Gasteiger partial charge < -0.3 is 10.6 Å². The van der Waals surface area contributed by atoms with Crippen molar-refractivity contribution in [3.8, 4) is 0 Å². The molecule has 26 heavy (non-hydrogen) atoms. The van der Waals surface area contributed by atoms with Crippen LogP contribution < -0.4 is 10.6 Å². The van der Waals surface area contributed by atoms with Crippen molar-refractivity contribution in [2.45, 2.75) is 12.6 Å². The maximum atomic E-state index is 12.8. The van der Waals surface area contributed by atoms with E-state index in [0.29, 0.717) is 18.3 Å². The quantitative estimate of drug-likeness (QED) is 0.687. The lowest BCUT2D eigenvalue weighted by atomic mass is 10.1. The molecule has 0 unspecified atom stereocenters. The highest BCUT2D eigenvalue weighted by atomic mass is 19.4. The fraction of sp³-hybridized carbons (Fsp3) is 0.167. The number of nitrogens with one attached hydrogen (secondary N) is 2. The summed E-state index contributed by atoms with van der Waals surface area (Å²) in [6.07, 6.45) is -2.26. The lowest BCUT2D eigenvalue weighted by Crippen LogP contribution is -2.10. The minimum absolute atomic E-state index is 0.274. The van der Waals surface area contributed by atoms with Gasteiger partial charge in [0.15, 0.2) is 5.82 Å². The normalized spacial score (nSPS) is 11.2. The summed E-state index contributed by atoms with van der Waals surface area (Å²) >= 11 is 0. The van der Waals surface area contributed by atoms with Crippen molar-refractivity contribution in [3.05, 3.63) is 71.9 Å². The second kappa shape index (κ2) is 7.81. The number of rotatable bonds is 6. The number of nitrogens with zero attached hydrogens (tertiary/aromatic N) is 3. The molecule has 134 valence electrons. The topological polar surface area (TPSA) is 62.7 Å². The van der Waals surface area contributed by atoms with E-state index in [2.05, 4.69) is 25.8 Å². The van der Waals surface area contributed by atoms with Crippen molar-refractivity contribution < 1.29 is 13.2 Å². The van der Waals surface area contributed by atoms with Crippen LogP contribution in [0.5, 0.6) is 0 Å². The fourth-order valence-corrected chi connectivity index (χ4v) is 2.32. The van der Waals surface area contributed by atoms with E-state index in [1.165, 1.54) is 23.9 Å². The Morgan fingerprint density at radius 3 is 2.54 bits per heavy atom. The van der Waals surface area contributed by atoms with Crippen LogP contribution >= 0.6 is 0 Å². The van der Waals surface area contributed by atoms with Crippen LogP contribution in [0.2, 0.25) is 0 Å². The molecule has 0 aliphatic rings. The van der Waals surface area contributed by atoms with Gasteiger partial charge in [-0.05, 0) is 30.2 Å². The van der Waals surface area contributed by atoms with Crippen molar-refractivity contribution >= 4 is 17.5 Å². The van der Waals surface area contributed by atoms with Gasteiger partial charge in [0.25, 0.3) is 0 Å². The van der Waals surface area contributed by atoms with E-state index in [1.54, 1.807) is 0 Å². The molecule has 0 bridgehead atoms. The summed E-state index contributed by atoms with van der Waals surface area (Å²) in [7, 11) is 0. The molecule has 1 aromatic heterocycles. The van der Waals surface area contributed by atoms with Gasteiger partial charge in [0, 0.05) is 12.2 Å². The average molecular weight is 359 g/mol. The molecular formula is C18H16F3N5. The Balaban J connectivity index is 1.62. The van der Waals surface area contributed by atoms with E-state index < -0.39 is 11.7 Å². The largest absolute Gasteiger partial charge is 0.416 e. The summed E-state index contributed by atoms with van der Waals surface area (Å²) in [6.45, 7) is 0.610. The highest BCUT2D eigenvalue weighted by molar-refractivity contribution is 5.57. The minimum atomic E-state index is -4.40. The lowest BCUT2D eigenvalue weighted by Gasteiger charge is -2.10. The predicted octanol–water partition coefficient (Wildman–Crippen LogP) is 4.29. The molecule has 3 aromatic rings. The van der Waals surface area contributed by atoms with E-state index in [0.717, 1.165) is 18.6 Å². The number of anilines is 3.